The van der Waals surface area contributed by atoms with Gasteiger partial charge in [-0.25, -0.2) is 9.78 Å². The van der Waals surface area contributed by atoms with E-state index in [1.165, 1.54) is 0 Å². The van der Waals surface area contributed by atoms with Crippen molar-refractivity contribution >= 4 is 22.5 Å². The lowest BCUT2D eigenvalue weighted by Gasteiger charge is -2.34. The van der Waals surface area contributed by atoms with Crippen molar-refractivity contribution in [1.29, 1.82) is 0 Å². The Morgan fingerprint density at radius 2 is 2.05 bits per heavy atom. The highest BCUT2D eigenvalue weighted by Gasteiger charge is 2.34. The number of piperazine rings is 1. The van der Waals surface area contributed by atoms with E-state index in [0.29, 0.717) is 49.2 Å². The van der Waals surface area contributed by atoms with E-state index in [0.717, 1.165) is 6.20 Å². The van der Waals surface area contributed by atoms with Gasteiger partial charge in [0, 0.05) is 32.7 Å². The molecule has 1 aromatic heterocycles. The van der Waals surface area contributed by atoms with E-state index >= 15 is 0 Å². The van der Waals surface area contributed by atoms with Crippen molar-refractivity contribution in [1.82, 2.24) is 15.2 Å². The summed E-state index contributed by atoms with van der Waals surface area (Å²) in [5.74, 6) is 0. The molecule has 1 aromatic rings. The smallest absolute Gasteiger partial charge is 0.345 e. The minimum Gasteiger partial charge on any atom is -0.345 e. The van der Waals surface area contributed by atoms with Gasteiger partial charge < -0.3 is 15.1 Å². The van der Waals surface area contributed by atoms with Gasteiger partial charge in [0.15, 0.2) is 5.13 Å². The van der Waals surface area contributed by atoms with Gasteiger partial charge in [0.25, 0.3) is 0 Å². The van der Waals surface area contributed by atoms with Crippen LogP contribution in [-0.4, -0.2) is 48.6 Å². The highest BCUT2D eigenvalue weighted by Crippen LogP contribution is 2.36. The second-order valence-electron chi connectivity index (χ2n) is 4.31. The summed E-state index contributed by atoms with van der Waals surface area (Å²) < 4.78 is 37.5. The summed E-state index contributed by atoms with van der Waals surface area (Å²) in [7, 11) is 0. The molecule has 0 saturated carbocycles. The minimum atomic E-state index is -4.35. The lowest BCUT2D eigenvalue weighted by molar-refractivity contribution is -0.134. The normalized spacial score (nSPS) is 16.4. The number of hydrogen-bond acceptors (Lipinski definition) is 4. The zero-order valence-electron chi connectivity index (χ0n) is 10.9. The molecular weight excluding hydrogens is 293 g/mol. The molecule has 9 heteroatoms. The van der Waals surface area contributed by atoms with Crippen LogP contribution in [0.25, 0.3) is 0 Å². The van der Waals surface area contributed by atoms with Crippen LogP contribution < -0.4 is 10.2 Å². The zero-order chi connectivity index (χ0) is 14.8. The van der Waals surface area contributed by atoms with Crippen molar-refractivity contribution < 1.29 is 18.0 Å². The zero-order valence-corrected chi connectivity index (χ0v) is 11.7. The Balaban J connectivity index is 1.94. The van der Waals surface area contributed by atoms with Gasteiger partial charge in [0.2, 0.25) is 0 Å². The fourth-order valence-electron chi connectivity index (χ4n) is 1.91. The Kier molecular flexibility index (Phi) is 4.36. The number of nitrogens with zero attached hydrogens (tertiary/aromatic N) is 3. The Morgan fingerprint density at radius 1 is 1.40 bits per heavy atom. The number of urea groups is 1. The molecule has 1 aliphatic rings. The molecular formula is C11H15F3N4OS. The Hall–Kier alpha value is -1.51. The maximum absolute atomic E-state index is 12.5. The molecule has 1 N–H and O–H groups in total. The van der Waals surface area contributed by atoms with E-state index in [9.17, 15) is 18.0 Å². The summed E-state index contributed by atoms with van der Waals surface area (Å²) in [5.41, 5.74) is 0. The first-order chi connectivity index (χ1) is 9.41. The molecule has 112 valence electrons. The van der Waals surface area contributed by atoms with E-state index in [1.54, 1.807) is 9.80 Å². The van der Waals surface area contributed by atoms with Crippen LogP contribution in [0.2, 0.25) is 0 Å². The second kappa shape index (κ2) is 5.86. The maximum Gasteiger partial charge on any atom is 0.427 e. The Bertz CT molecular complexity index is 468. The van der Waals surface area contributed by atoms with Crippen molar-refractivity contribution in [2.75, 3.05) is 37.6 Å². The van der Waals surface area contributed by atoms with Gasteiger partial charge in [-0.3, -0.25) is 0 Å². The van der Waals surface area contributed by atoms with Crippen molar-refractivity contribution in [2.45, 2.75) is 13.1 Å². The molecule has 2 heterocycles. The molecule has 0 atom stereocenters. The van der Waals surface area contributed by atoms with Gasteiger partial charge in [-0.1, -0.05) is 11.3 Å². The number of aromatic nitrogens is 1. The predicted octanol–water partition coefficient (Wildman–Crippen LogP) is 2.01. The number of anilines is 1. The summed E-state index contributed by atoms with van der Waals surface area (Å²) in [5, 5.41) is 3.06. The van der Waals surface area contributed by atoms with Gasteiger partial charge in [0.1, 0.15) is 4.88 Å². The van der Waals surface area contributed by atoms with Gasteiger partial charge >= 0.3 is 12.2 Å². The van der Waals surface area contributed by atoms with E-state index in [-0.39, 0.29) is 6.03 Å². The predicted molar refractivity (Wildman–Crippen MR) is 70.0 cm³/mol. The number of thiazole rings is 1. The van der Waals surface area contributed by atoms with Crippen LogP contribution in [0.4, 0.5) is 23.1 Å². The average molecular weight is 308 g/mol. The van der Waals surface area contributed by atoms with Crippen LogP contribution in [-0.2, 0) is 6.18 Å². The minimum absolute atomic E-state index is 0.137. The molecule has 1 fully saturated rings. The van der Waals surface area contributed by atoms with Crippen LogP contribution in [0.5, 0.6) is 0 Å². The van der Waals surface area contributed by atoms with Gasteiger partial charge in [0.05, 0.1) is 6.20 Å². The summed E-state index contributed by atoms with van der Waals surface area (Å²) in [4.78, 5) is 18.2. The van der Waals surface area contributed by atoms with Crippen molar-refractivity contribution in [3.8, 4) is 0 Å². The highest BCUT2D eigenvalue weighted by molar-refractivity contribution is 7.15. The number of alkyl halides is 3. The van der Waals surface area contributed by atoms with Crippen LogP contribution in [0.15, 0.2) is 6.20 Å². The first kappa shape index (κ1) is 14.9. The molecule has 0 aliphatic carbocycles. The van der Waals surface area contributed by atoms with Crippen LogP contribution in [0.1, 0.15) is 11.8 Å². The van der Waals surface area contributed by atoms with E-state index in [1.807, 2.05) is 6.92 Å². The molecule has 0 radical (unpaired) electrons. The molecule has 0 aromatic carbocycles. The number of halogens is 3. The molecule has 2 amide bonds. The van der Waals surface area contributed by atoms with E-state index in [4.69, 9.17) is 0 Å². The molecule has 1 saturated heterocycles. The average Bonchev–Trinajstić information content (AvgIpc) is 2.89. The number of carbonyl (C=O) groups excluding carboxylic acids is 1. The quantitative estimate of drug-likeness (QED) is 0.909. The number of nitrogens with one attached hydrogen (secondary N) is 1. The SMILES string of the molecule is CCNC(=O)N1CCN(c2ncc(C(F)(F)F)s2)CC1. The summed E-state index contributed by atoms with van der Waals surface area (Å²) in [6.45, 7) is 4.33. The third kappa shape index (κ3) is 3.33. The van der Waals surface area contributed by atoms with Gasteiger partial charge in [-0.2, -0.15) is 13.2 Å². The summed E-state index contributed by atoms with van der Waals surface area (Å²) in [6.07, 6.45) is -3.49. The maximum atomic E-state index is 12.5. The highest BCUT2D eigenvalue weighted by atomic mass is 32.1. The first-order valence-electron chi connectivity index (χ1n) is 6.22. The number of rotatable bonds is 2. The Morgan fingerprint density at radius 3 is 2.55 bits per heavy atom. The molecule has 20 heavy (non-hydrogen) atoms. The standard InChI is InChI=1S/C11H15F3N4OS/c1-2-15-9(19)17-3-5-18(6-4-17)10-16-7-8(20-10)11(12,13)14/h7H,2-6H2,1H3,(H,15,19). The lowest BCUT2D eigenvalue weighted by atomic mass is 10.3. The molecule has 1 aliphatic heterocycles. The van der Waals surface area contributed by atoms with Crippen molar-refractivity contribution in [3.05, 3.63) is 11.1 Å². The van der Waals surface area contributed by atoms with E-state index < -0.39 is 11.1 Å². The summed E-state index contributed by atoms with van der Waals surface area (Å²) in [6, 6.07) is -0.137. The van der Waals surface area contributed by atoms with Crippen LogP contribution in [0, 0.1) is 0 Å². The molecule has 0 spiro atoms. The van der Waals surface area contributed by atoms with Crippen LogP contribution in [0.3, 0.4) is 0 Å². The van der Waals surface area contributed by atoms with Crippen molar-refractivity contribution in [2.24, 2.45) is 0 Å². The van der Waals surface area contributed by atoms with Crippen LogP contribution >= 0.6 is 11.3 Å². The van der Waals surface area contributed by atoms with Crippen molar-refractivity contribution in [3.63, 3.8) is 0 Å². The topological polar surface area (TPSA) is 48.5 Å². The largest absolute Gasteiger partial charge is 0.427 e. The molecule has 5 nitrogen and oxygen atoms in total. The second-order valence-corrected chi connectivity index (χ2v) is 5.32. The third-order valence-corrected chi connectivity index (χ3v) is 4.04. The monoisotopic (exact) mass is 308 g/mol. The van der Waals surface area contributed by atoms with Gasteiger partial charge in [-0.05, 0) is 6.92 Å². The number of amides is 2. The lowest BCUT2D eigenvalue weighted by Crippen LogP contribution is -2.51. The first-order valence-corrected chi connectivity index (χ1v) is 7.04. The van der Waals surface area contributed by atoms with E-state index in [2.05, 4.69) is 10.3 Å². The Labute approximate surface area is 118 Å². The number of carbonyl (C=O) groups is 1. The summed E-state index contributed by atoms with van der Waals surface area (Å²) >= 11 is 0.637. The molecule has 0 unspecified atom stereocenters. The fraction of sp³-hybridized carbons (Fsp3) is 0.636. The molecule has 0 bridgehead atoms. The van der Waals surface area contributed by atoms with Gasteiger partial charge in [-0.15, -0.1) is 0 Å². The third-order valence-electron chi connectivity index (χ3n) is 2.94. The molecule has 2 rings (SSSR count). The number of hydrogen-bond donors (Lipinski definition) is 1. The fourth-order valence-corrected chi connectivity index (χ4v) is 2.74.